The van der Waals surface area contributed by atoms with Gasteiger partial charge in [0.15, 0.2) is 0 Å². The van der Waals surface area contributed by atoms with Crippen LogP contribution in [0.4, 0.5) is 0 Å². The lowest BCUT2D eigenvalue weighted by molar-refractivity contribution is -0.135. The van der Waals surface area contributed by atoms with E-state index in [0.717, 1.165) is 75.5 Å². The predicted molar refractivity (Wildman–Crippen MR) is 97.9 cm³/mol. The van der Waals surface area contributed by atoms with Crippen LogP contribution in [0, 0.1) is 19.8 Å². The van der Waals surface area contributed by atoms with Gasteiger partial charge < -0.3 is 14.2 Å². The van der Waals surface area contributed by atoms with Crippen LogP contribution in [-0.4, -0.2) is 65.8 Å². The van der Waals surface area contributed by atoms with E-state index in [9.17, 15) is 4.79 Å². The van der Waals surface area contributed by atoms with E-state index < -0.39 is 0 Å². The molecule has 4 saturated heterocycles. The number of rotatable bonds is 4. The van der Waals surface area contributed by atoms with Crippen LogP contribution >= 0.6 is 0 Å². The van der Waals surface area contributed by atoms with Crippen LogP contribution in [0.15, 0.2) is 4.52 Å². The molecule has 6 nitrogen and oxygen atoms in total. The Morgan fingerprint density at radius 3 is 2.62 bits per heavy atom. The smallest absolute Gasteiger partial charge is 0.223 e. The Bertz CT molecular complexity index is 619. The molecular formula is C20H31N3O3. The highest BCUT2D eigenvalue weighted by Gasteiger charge is 2.39. The number of ether oxygens (including phenoxy) is 1. The average molecular weight is 361 g/mol. The van der Waals surface area contributed by atoms with Crippen LogP contribution in [0.25, 0.3) is 0 Å². The Labute approximate surface area is 155 Å². The van der Waals surface area contributed by atoms with Crippen molar-refractivity contribution in [3.8, 4) is 0 Å². The summed E-state index contributed by atoms with van der Waals surface area (Å²) in [5, 5.41) is 4.00. The minimum absolute atomic E-state index is 0.300. The maximum absolute atomic E-state index is 13.0. The van der Waals surface area contributed by atoms with Gasteiger partial charge in [-0.05, 0) is 51.9 Å². The Morgan fingerprint density at radius 2 is 1.88 bits per heavy atom. The molecule has 0 aliphatic carbocycles. The molecule has 144 valence electrons. The average Bonchev–Trinajstić information content (AvgIpc) is 2.85. The molecule has 5 heterocycles. The lowest BCUT2D eigenvalue weighted by Crippen LogP contribution is -2.48. The number of carbonyl (C=O) groups excluding carboxylic acids is 1. The zero-order valence-electron chi connectivity index (χ0n) is 16.1. The van der Waals surface area contributed by atoms with Crippen LogP contribution in [0.3, 0.4) is 0 Å². The first-order valence-corrected chi connectivity index (χ1v) is 10.1. The topological polar surface area (TPSA) is 58.8 Å². The molecule has 1 aromatic rings. The van der Waals surface area contributed by atoms with Crippen LogP contribution in [-0.2, 0) is 16.0 Å². The second-order valence-corrected chi connectivity index (χ2v) is 8.24. The van der Waals surface area contributed by atoms with Gasteiger partial charge in [0.05, 0.1) is 5.69 Å². The van der Waals surface area contributed by atoms with Crippen molar-refractivity contribution >= 4 is 5.91 Å². The Balaban J connectivity index is 1.39. The predicted octanol–water partition coefficient (Wildman–Crippen LogP) is 2.33. The molecule has 5 rings (SSSR count). The lowest BCUT2D eigenvalue weighted by atomic mass is 9.94. The van der Waals surface area contributed by atoms with Crippen molar-refractivity contribution in [3.63, 3.8) is 0 Å². The number of aromatic nitrogens is 1. The van der Waals surface area contributed by atoms with Crippen molar-refractivity contribution in [2.24, 2.45) is 5.92 Å². The highest BCUT2D eigenvalue weighted by Crippen LogP contribution is 2.31. The van der Waals surface area contributed by atoms with Gasteiger partial charge in [0.2, 0.25) is 5.91 Å². The third-order valence-corrected chi connectivity index (χ3v) is 6.54. The number of carbonyl (C=O) groups is 1. The molecule has 0 saturated carbocycles. The monoisotopic (exact) mass is 361 g/mol. The second-order valence-electron chi connectivity index (χ2n) is 8.24. The Morgan fingerprint density at radius 1 is 1.08 bits per heavy atom. The zero-order valence-corrected chi connectivity index (χ0v) is 16.1. The molecule has 6 heteroatoms. The number of piperidine rings is 1. The number of fused-ring (bicyclic) bond motifs is 4. The molecule has 0 radical (unpaired) electrons. The fraction of sp³-hybridized carbons (Fsp3) is 0.800. The molecular weight excluding hydrogens is 330 g/mol. The quantitative estimate of drug-likeness (QED) is 0.824. The first-order valence-electron chi connectivity index (χ1n) is 10.1. The first kappa shape index (κ1) is 18.0. The first-order chi connectivity index (χ1) is 12.6. The molecule has 4 fully saturated rings. The van der Waals surface area contributed by atoms with E-state index in [1.807, 2.05) is 13.8 Å². The lowest BCUT2D eigenvalue weighted by Gasteiger charge is -2.37. The standard InChI is InChI=1S/C20H31N3O3/c1-14-19(15(2)26-21-14)5-6-20(24)23-12-16-3-4-18(23)13-22(11-16)17-7-9-25-10-8-17/h16-18H,3-13H2,1-2H3/t16-,18+/m0/s1. The molecule has 1 aromatic heterocycles. The summed E-state index contributed by atoms with van der Waals surface area (Å²) < 4.78 is 10.8. The van der Waals surface area contributed by atoms with Crippen molar-refractivity contribution < 1.29 is 14.1 Å². The molecule has 2 bridgehead atoms. The molecule has 0 unspecified atom stereocenters. The summed E-state index contributed by atoms with van der Waals surface area (Å²) in [6.07, 6.45) is 5.99. The number of nitrogens with zero attached hydrogens (tertiary/aromatic N) is 3. The highest BCUT2D eigenvalue weighted by molar-refractivity contribution is 5.77. The van der Waals surface area contributed by atoms with E-state index >= 15 is 0 Å². The summed E-state index contributed by atoms with van der Waals surface area (Å²) in [5.41, 5.74) is 2.01. The van der Waals surface area contributed by atoms with Crippen LogP contribution in [0.5, 0.6) is 0 Å². The second kappa shape index (κ2) is 7.69. The molecule has 0 spiro atoms. The van der Waals surface area contributed by atoms with Crippen LogP contribution in [0.1, 0.15) is 49.1 Å². The summed E-state index contributed by atoms with van der Waals surface area (Å²) in [7, 11) is 0. The molecule has 0 aromatic carbocycles. The largest absolute Gasteiger partial charge is 0.381 e. The molecule has 4 aliphatic rings. The van der Waals surface area contributed by atoms with E-state index in [0.29, 0.717) is 30.3 Å². The maximum atomic E-state index is 13.0. The normalized spacial score (nSPS) is 27.7. The van der Waals surface area contributed by atoms with Gasteiger partial charge in [0.1, 0.15) is 5.76 Å². The van der Waals surface area contributed by atoms with Gasteiger partial charge in [-0.3, -0.25) is 9.69 Å². The van der Waals surface area contributed by atoms with Crippen molar-refractivity contribution in [2.45, 2.75) is 64.5 Å². The summed E-state index contributed by atoms with van der Waals surface area (Å²) in [6, 6.07) is 1.03. The van der Waals surface area contributed by atoms with E-state index in [2.05, 4.69) is 15.0 Å². The van der Waals surface area contributed by atoms with E-state index in [4.69, 9.17) is 9.26 Å². The molecule has 4 aliphatic heterocycles. The molecule has 2 atom stereocenters. The Hall–Kier alpha value is -1.40. The van der Waals surface area contributed by atoms with Gasteiger partial charge >= 0.3 is 0 Å². The number of hydrogen-bond acceptors (Lipinski definition) is 5. The van der Waals surface area contributed by atoms with Gasteiger partial charge in [-0.2, -0.15) is 0 Å². The van der Waals surface area contributed by atoms with Crippen molar-refractivity contribution in [2.75, 3.05) is 32.8 Å². The van der Waals surface area contributed by atoms with E-state index in [1.54, 1.807) is 0 Å². The SMILES string of the molecule is Cc1noc(C)c1CCC(=O)N1C[C@H]2CC[C@@H]1CN(C1CCOCC1)C2. The minimum atomic E-state index is 0.300. The molecule has 26 heavy (non-hydrogen) atoms. The fourth-order valence-electron chi connectivity index (χ4n) is 5.01. The van der Waals surface area contributed by atoms with Gasteiger partial charge in [-0.25, -0.2) is 0 Å². The summed E-state index contributed by atoms with van der Waals surface area (Å²) in [4.78, 5) is 17.8. The van der Waals surface area contributed by atoms with Crippen molar-refractivity contribution in [3.05, 3.63) is 17.0 Å². The Kier molecular flexibility index (Phi) is 5.32. The molecule has 0 N–H and O–H groups in total. The van der Waals surface area contributed by atoms with E-state index in [-0.39, 0.29) is 0 Å². The van der Waals surface area contributed by atoms with E-state index in [1.165, 1.54) is 6.42 Å². The summed E-state index contributed by atoms with van der Waals surface area (Å²) >= 11 is 0. The third-order valence-electron chi connectivity index (χ3n) is 6.54. The third kappa shape index (κ3) is 3.67. The zero-order chi connectivity index (χ0) is 18.1. The van der Waals surface area contributed by atoms with Crippen molar-refractivity contribution in [1.29, 1.82) is 0 Å². The summed E-state index contributed by atoms with van der Waals surface area (Å²) in [6.45, 7) is 8.78. The van der Waals surface area contributed by atoms with Gasteiger partial charge in [0, 0.05) is 56.9 Å². The number of hydrogen-bond donors (Lipinski definition) is 0. The van der Waals surface area contributed by atoms with Gasteiger partial charge in [-0.1, -0.05) is 5.16 Å². The van der Waals surface area contributed by atoms with Crippen LogP contribution < -0.4 is 0 Å². The molecule has 1 amide bonds. The van der Waals surface area contributed by atoms with Crippen LogP contribution in [0.2, 0.25) is 0 Å². The highest BCUT2D eigenvalue weighted by atomic mass is 16.5. The van der Waals surface area contributed by atoms with Gasteiger partial charge in [0.25, 0.3) is 0 Å². The number of aryl methyl sites for hydroxylation is 2. The number of amides is 1. The maximum Gasteiger partial charge on any atom is 0.223 e. The fourth-order valence-corrected chi connectivity index (χ4v) is 5.01. The van der Waals surface area contributed by atoms with Gasteiger partial charge in [-0.15, -0.1) is 0 Å². The van der Waals surface area contributed by atoms with Crippen molar-refractivity contribution in [1.82, 2.24) is 15.0 Å². The minimum Gasteiger partial charge on any atom is -0.381 e. The summed E-state index contributed by atoms with van der Waals surface area (Å²) in [5.74, 6) is 1.77.